The number of rotatable bonds is 9. The van der Waals surface area contributed by atoms with E-state index in [4.69, 9.17) is 14.2 Å². The van der Waals surface area contributed by atoms with Crippen LogP contribution in [0.1, 0.15) is 46.6 Å². The first-order chi connectivity index (χ1) is 12.7. The number of aliphatic hydroxyl groups excluding tert-OH is 2. The molecule has 0 radical (unpaired) electrons. The first kappa shape index (κ1) is 22.3. The normalized spacial score (nSPS) is 26.9. The Hall–Kier alpha value is -0.980. The minimum Gasteiger partial charge on any atom is -0.396 e. The van der Waals surface area contributed by atoms with Gasteiger partial charge in [0, 0.05) is 24.4 Å². The van der Waals surface area contributed by atoms with Gasteiger partial charge in [-0.3, -0.25) is 0 Å². The number of ether oxygens (including phenoxy) is 3. The van der Waals surface area contributed by atoms with E-state index in [9.17, 15) is 10.2 Å². The third kappa shape index (κ3) is 6.26. The van der Waals surface area contributed by atoms with Gasteiger partial charge in [-0.2, -0.15) is 0 Å². The molecule has 0 aliphatic carbocycles. The van der Waals surface area contributed by atoms with E-state index in [0.29, 0.717) is 19.6 Å². The predicted octanol–water partition coefficient (Wildman–Crippen LogP) is 3.37. The quantitative estimate of drug-likeness (QED) is 0.687. The van der Waals surface area contributed by atoms with Crippen molar-refractivity contribution in [1.82, 2.24) is 0 Å². The van der Waals surface area contributed by atoms with Crippen molar-refractivity contribution in [3.05, 3.63) is 35.9 Å². The number of benzene rings is 1. The Morgan fingerprint density at radius 3 is 2.52 bits per heavy atom. The van der Waals surface area contributed by atoms with Gasteiger partial charge in [0.15, 0.2) is 5.79 Å². The van der Waals surface area contributed by atoms with Crippen molar-refractivity contribution in [1.29, 1.82) is 0 Å². The predicted molar refractivity (Wildman–Crippen MR) is 105 cm³/mol. The number of aliphatic hydroxyl groups is 2. The van der Waals surface area contributed by atoms with E-state index in [1.807, 2.05) is 51.1 Å². The van der Waals surface area contributed by atoms with Gasteiger partial charge in [0.2, 0.25) is 0 Å². The summed E-state index contributed by atoms with van der Waals surface area (Å²) in [5, 5.41) is 19.7. The lowest BCUT2D eigenvalue weighted by atomic mass is 9.81. The molecular weight excluding hydrogens is 344 g/mol. The highest BCUT2D eigenvalue weighted by molar-refractivity contribution is 5.13. The van der Waals surface area contributed by atoms with Crippen LogP contribution in [0.4, 0.5) is 0 Å². The van der Waals surface area contributed by atoms with Crippen LogP contribution in [0.5, 0.6) is 0 Å². The van der Waals surface area contributed by atoms with E-state index in [-0.39, 0.29) is 36.6 Å². The molecule has 2 N–H and O–H groups in total. The highest BCUT2D eigenvalue weighted by Crippen LogP contribution is 2.35. The molecule has 1 aliphatic heterocycles. The Kier molecular flexibility index (Phi) is 8.25. The Morgan fingerprint density at radius 1 is 1.22 bits per heavy atom. The van der Waals surface area contributed by atoms with E-state index >= 15 is 0 Å². The van der Waals surface area contributed by atoms with E-state index in [0.717, 1.165) is 5.56 Å². The minimum absolute atomic E-state index is 0.0294. The highest BCUT2D eigenvalue weighted by Gasteiger charge is 2.42. The summed E-state index contributed by atoms with van der Waals surface area (Å²) in [6.45, 7) is 11.2. The van der Waals surface area contributed by atoms with Crippen LogP contribution in [0.25, 0.3) is 0 Å². The first-order valence-electron chi connectivity index (χ1n) is 10.0. The van der Waals surface area contributed by atoms with Gasteiger partial charge in [-0.1, -0.05) is 51.1 Å². The molecule has 1 aromatic rings. The fourth-order valence-corrected chi connectivity index (χ4v) is 3.88. The molecule has 0 spiro atoms. The van der Waals surface area contributed by atoms with Crippen LogP contribution in [-0.2, 0) is 20.8 Å². The van der Waals surface area contributed by atoms with Crippen LogP contribution in [0.3, 0.4) is 0 Å². The number of hydrogen-bond acceptors (Lipinski definition) is 5. The van der Waals surface area contributed by atoms with Crippen LogP contribution < -0.4 is 0 Å². The minimum atomic E-state index is -0.624. The maximum atomic E-state index is 10.5. The fourth-order valence-electron chi connectivity index (χ4n) is 3.88. The number of hydrogen-bond donors (Lipinski definition) is 2. The van der Waals surface area contributed by atoms with Gasteiger partial charge in [-0.15, -0.1) is 0 Å². The Labute approximate surface area is 163 Å². The first-order valence-corrected chi connectivity index (χ1v) is 10.0. The van der Waals surface area contributed by atoms with Crippen molar-refractivity contribution in [3.8, 4) is 0 Å². The van der Waals surface area contributed by atoms with Crippen molar-refractivity contribution in [2.45, 2.75) is 71.7 Å². The summed E-state index contributed by atoms with van der Waals surface area (Å²) in [5.74, 6) is -0.451. The summed E-state index contributed by atoms with van der Waals surface area (Å²) in [4.78, 5) is 0. The van der Waals surface area contributed by atoms with Crippen LogP contribution >= 0.6 is 0 Å². The van der Waals surface area contributed by atoms with Crippen molar-refractivity contribution in [2.75, 3.05) is 13.2 Å². The van der Waals surface area contributed by atoms with Crippen LogP contribution in [0.15, 0.2) is 30.3 Å². The molecule has 1 heterocycles. The lowest BCUT2D eigenvalue weighted by molar-refractivity contribution is -0.306. The van der Waals surface area contributed by atoms with Crippen molar-refractivity contribution < 1.29 is 24.4 Å². The Balaban J connectivity index is 2.16. The highest BCUT2D eigenvalue weighted by atomic mass is 16.7. The summed E-state index contributed by atoms with van der Waals surface area (Å²) < 4.78 is 18.3. The molecule has 0 unspecified atom stereocenters. The fraction of sp³-hybridized carbons (Fsp3) is 0.727. The SMILES string of the molecule is C[C@H]([C@H](OCc1ccccc1)[C@H](C)[C@H]1OC(C)(C)OC[C@@H]1C)[C@@H](O)CCO. The van der Waals surface area contributed by atoms with Gasteiger partial charge in [-0.05, 0) is 25.8 Å². The molecule has 1 fully saturated rings. The molecule has 0 amide bonds. The molecule has 0 aromatic heterocycles. The summed E-state index contributed by atoms with van der Waals surface area (Å²) in [7, 11) is 0. The van der Waals surface area contributed by atoms with Crippen molar-refractivity contribution in [2.24, 2.45) is 17.8 Å². The molecule has 6 atom stereocenters. The summed E-state index contributed by atoms with van der Waals surface area (Å²) in [6, 6.07) is 10.0. The second kappa shape index (κ2) is 9.99. The average molecular weight is 381 g/mol. The van der Waals surface area contributed by atoms with Gasteiger partial charge < -0.3 is 24.4 Å². The lowest BCUT2D eigenvalue weighted by Gasteiger charge is -2.45. The standard InChI is InChI=1S/C22H36O5/c1-15-13-26-22(4,5)27-20(15)17(3)21(16(2)19(24)11-12-23)25-14-18-9-7-6-8-10-18/h6-10,15-17,19-21,23-24H,11-14H2,1-5H3/t15-,16-,17+,19-,20-,21-/m0/s1. The molecular formula is C22H36O5. The van der Waals surface area contributed by atoms with Gasteiger partial charge in [0.05, 0.1) is 31.5 Å². The zero-order chi connectivity index (χ0) is 20.0. The van der Waals surface area contributed by atoms with Gasteiger partial charge >= 0.3 is 0 Å². The lowest BCUT2D eigenvalue weighted by Crippen LogP contribution is -2.51. The largest absolute Gasteiger partial charge is 0.396 e. The van der Waals surface area contributed by atoms with Crippen LogP contribution in [0.2, 0.25) is 0 Å². The molecule has 1 aliphatic rings. The molecule has 2 rings (SSSR count). The topological polar surface area (TPSA) is 68.2 Å². The maximum absolute atomic E-state index is 10.5. The van der Waals surface area contributed by atoms with Crippen LogP contribution in [0, 0.1) is 17.8 Å². The smallest absolute Gasteiger partial charge is 0.163 e. The molecule has 154 valence electrons. The summed E-state index contributed by atoms with van der Waals surface area (Å²) in [5.41, 5.74) is 1.10. The van der Waals surface area contributed by atoms with E-state index in [2.05, 4.69) is 13.8 Å². The second-order valence-corrected chi connectivity index (χ2v) is 8.33. The molecule has 1 saturated heterocycles. The molecule has 5 heteroatoms. The molecule has 0 saturated carbocycles. The zero-order valence-electron chi connectivity index (χ0n) is 17.3. The Morgan fingerprint density at radius 2 is 1.89 bits per heavy atom. The summed E-state index contributed by atoms with van der Waals surface area (Å²) >= 11 is 0. The van der Waals surface area contributed by atoms with Gasteiger partial charge in [-0.25, -0.2) is 0 Å². The van der Waals surface area contributed by atoms with Crippen molar-refractivity contribution >= 4 is 0 Å². The van der Waals surface area contributed by atoms with Gasteiger partial charge in [0.1, 0.15) is 0 Å². The Bertz CT molecular complexity index is 547. The van der Waals surface area contributed by atoms with Gasteiger partial charge in [0.25, 0.3) is 0 Å². The monoisotopic (exact) mass is 380 g/mol. The average Bonchev–Trinajstić information content (AvgIpc) is 2.64. The molecule has 1 aromatic carbocycles. The zero-order valence-corrected chi connectivity index (χ0v) is 17.3. The third-order valence-corrected chi connectivity index (χ3v) is 5.55. The molecule has 27 heavy (non-hydrogen) atoms. The van der Waals surface area contributed by atoms with E-state index < -0.39 is 11.9 Å². The van der Waals surface area contributed by atoms with Crippen LogP contribution in [-0.4, -0.2) is 47.5 Å². The molecule has 5 nitrogen and oxygen atoms in total. The third-order valence-electron chi connectivity index (χ3n) is 5.55. The summed E-state index contributed by atoms with van der Waals surface area (Å²) in [6.07, 6.45) is -0.512. The maximum Gasteiger partial charge on any atom is 0.163 e. The van der Waals surface area contributed by atoms with E-state index in [1.54, 1.807) is 0 Å². The second-order valence-electron chi connectivity index (χ2n) is 8.33. The van der Waals surface area contributed by atoms with Crippen molar-refractivity contribution in [3.63, 3.8) is 0 Å². The molecule has 0 bridgehead atoms. The van der Waals surface area contributed by atoms with E-state index in [1.165, 1.54) is 0 Å².